The van der Waals surface area contributed by atoms with Crippen LogP contribution in [0, 0.1) is 11.8 Å². The Labute approximate surface area is 160 Å². The number of hydrogen-bond acceptors (Lipinski definition) is 3. The number of methoxy groups -OCH3 is 1. The molecule has 1 aromatic carbocycles. The van der Waals surface area contributed by atoms with E-state index in [2.05, 4.69) is 5.32 Å². The van der Waals surface area contributed by atoms with Crippen LogP contribution in [0.25, 0.3) is 0 Å². The molecule has 1 aliphatic carbocycles. The largest absolute Gasteiger partial charge is 0.379 e. The number of ether oxygens (including phenoxy) is 1. The van der Waals surface area contributed by atoms with Crippen LogP contribution in [0.5, 0.6) is 0 Å². The third-order valence-electron chi connectivity index (χ3n) is 5.68. The maximum Gasteiger partial charge on any atom is 0.222 e. The fourth-order valence-corrected chi connectivity index (χ4v) is 4.61. The van der Waals surface area contributed by atoms with Crippen molar-refractivity contribution in [2.45, 2.75) is 44.8 Å². The minimum atomic E-state index is -0.0250. The van der Waals surface area contributed by atoms with Gasteiger partial charge in [-0.2, -0.15) is 0 Å². The standard InChI is InChI=1S/C20H27ClN2O3/c1-13(24)22-18-9-15-11-23(12-16(15)10-19(18)26-2)20(25)7-6-14-4-3-5-17(21)8-14/h3-5,8,15-16,18-19H,6-7,9-12H2,1-2H3,(H,22,24)/t15-,16+,18-,19-/m1/s1. The second-order valence-corrected chi connectivity index (χ2v) is 7.94. The predicted octanol–water partition coefficient (Wildman–Crippen LogP) is 2.66. The van der Waals surface area contributed by atoms with E-state index in [9.17, 15) is 9.59 Å². The SMILES string of the molecule is CO[C@@H]1C[C@H]2CN(C(=O)CCc3cccc(Cl)c3)C[C@H]2C[C@H]1NC(C)=O. The van der Waals surface area contributed by atoms with Crippen molar-refractivity contribution < 1.29 is 14.3 Å². The molecule has 1 aromatic rings. The van der Waals surface area contributed by atoms with E-state index in [4.69, 9.17) is 16.3 Å². The van der Waals surface area contributed by atoms with Crippen LogP contribution in [0.1, 0.15) is 31.7 Å². The first-order valence-electron chi connectivity index (χ1n) is 9.28. The zero-order valence-electron chi connectivity index (χ0n) is 15.4. The molecule has 5 nitrogen and oxygen atoms in total. The van der Waals surface area contributed by atoms with Crippen LogP contribution in [0.2, 0.25) is 5.02 Å². The molecule has 4 atom stereocenters. The number of rotatable bonds is 5. The van der Waals surface area contributed by atoms with E-state index in [-0.39, 0.29) is 24.0 Å². The monoisotopic (exact) mass is 378 g/mol. The highest BCUT2D eigenvalue weighted by molar-refractivity contribution is 6.30. The number of nitrogens with one attached hydrogen (secondary N) is 1. The van der Waals surface area contributed by atoms with E-state index >= 15 is 0 Å². The molecule has 1 N–H and O–H groups in total. The zero-order valence-corrected chi connectivity index (χ0v) is 16.2. The maximum absolute atomic E-state index is 12.6. The molecule has 1 saturated heterocycles. The summed E-state index contributed by atoms with van der Waals surface area (Å²) in [5.74, 6) is 1.07. The molecule has 3 rings (SSSR count). The molecule has 142 valence electrons. The van der Waals surface area contributed by atoms with Gasteiger partial charge in [0.25, 0.3) is 0 Å². The lowest BCUT2D eigenvalue weighted by molar-refractivity contribution is -0.130. The Balaban J connectivity index is 1.55. The fraction of sp³-hybridized carbons (Fsp3) is 0.600. The normalized spacial score (nSPS) is 27.9. The summed E-state index contributed by atoms with van der Waals surface area (Å²) >= 11 is 6.01. The van der Waals surface area contributed by atoms with Crippen molar-refractivity contribution in [3.8, 4) is 0 Å². The average Bonchev–Trinajstić information content (AvgIpc) is 3.01. The summed E-state index contributed by atoms with van der Waals surface area (Å²) in [6.45, 7) is 3.12. The number of hydrogen-bond donors (Lipinski definition) is 1. The van der Waals surface area contributed by atoms with Crippen molar-refractivity contribution in [3.05, 3.63) is 34.9 Å². The van der Waals surface area contributed by atoms with Gasteiger partial charge in [0.1, 0.15) is 0 Å². The maximum atomic E-state index is 12.6. The average molecular weight is 379 g/mol. The molecule has 0 aromatic heterocycles. The van der Waals surface area contributed by atoms with E-state index in [1.165, 1.54) is 0 Å². The van der Waals surface area contributed by atoms with Gasteiger partial charge in [0, 0.05) is 38.6 Å². The molecular formula is C20H27ClN2O3. The molecular weight excluding hydrogens is 352 g/mol. The van der Waals surface area contributed by atoms with Crippen molar-refractivity contribution in [2.75, 3.05) is 20.2 Å². The number of nitrogens with zero attached hydrogens (tertiary/aromatic N) is 1. The molecule has 1 heterocycles. The highest BCUT2D eigenvalue weighted by Crippen LogP contribution is 2.37. The third-order valence-corrected chi connectivity index (χ3v) is 5.91. The molecule has 1 aliphatic heterocycles. The first-order chi connectivity index (χ1) is 12.5. The van der Waals surface area contributed by atoms with Crippen LogP contribution in [-0.4, -0.2) is 49.1 Å². The van der Waals surface area contributed by atoms with E-state index < -0.39 is 0 Å². The Morgan fingerprint density at radius 3 is 2.65 bits per heavy atom. The van der Waals surface area contributed by atoms with Gasteiger partial charge >= 0.3 is 0 Å². The molecule has 6 heteroatoms. The first kappa shape index (κ1) is 19.2. The molecule has 0 unspecified atom stereocenters. The highest BCUT2D eigenvalue weighted by atomic mass is 35.5. The van der Waals surface area contributed by atoms with E-state index in [1.807, 2.05) is 29.2 Å². The van der Waals surface area contributed by atoms with Crippen molar-refractivity contribution in [1.82, 2.24) is 10.2 Å². The lowest BCUT2D eigenvalue weighted by Gasteiger charge is -2.37. The number of amides is 2. The minimum Gasteiger partial charge on any atom is -0.379 e. The van der Waals surface area contributed by atoms with Gasteiger partial charge in [-0.1, -0.05) is 23.7 Å². The van der Waals surface area contributed by atoms with E-state index in [0.717, 1.165) is 31.5 Å². The number of likely N-dealkylation sites (tertiary alicyclic amines) is 1. The Hall–Kier alpha value is -1.59. The van der Waals surface area contributed by atoms with Gasteiger partial charge in [0.2, 0.25) is 11.8 Å². The van der Waals surface area contributed by atoms with Crippen LogP contribution >= 0.6 is 11.6 Å². The third kappa shape index (κ3) is 4.57. The van der Waals surface area contributed by atoms with E-state index in [1.54, 1.807) is 14.0 Å². The van der Waals surface area contributed by atoms with Gasteiger partial charge in [-0.05, 0) is 48.8 Å². The lowest BCUT2D eigenvalue weighted by Crippen LogP contribution is -2.49. The van der Waals surface area contributed by atoms with Gasteiger partial charge < -0.3 is 15.0 Å². The summed E-state index contributed by atoms with van der Waals surface area (Å²) in [6, 6.07) is 7.72. The van der Waals surface area contributed by atoms with Crippen molar-refractivity contribution in [1.29, 1.82) is 0 Å². The van der Waals surface area contributed by atoms with Gasteiger partial charge in [-0.15, -0.1) is 0 Å². The lowest BCUT2D eigenvalue weighted by atomic mass is 9.77. The Morgan fingerprint density at radius 2 is 2.00 bits per heavy atom. The van der Waals surface area contributed by atoms with Gasteiger partial charge in [-0.3, -0.25) is 9.59 Å². The summed E-state index contributed by atoms with van der Waals surface area (Å²) in [7, 11) is 1.70. The molecule has 26 heavy (non-hydrogen) atoms. The summed E-state index contributed by atoms with van der Waals surface area (Å²) < 4.78 is 5.59. The topological polar surface area (TPSA) is 58.6 Å². The Morgan fingerprint density at radius 1 is 1.27 bits per heavy atom. The van der Waals surface area contributed by atoms with Gasteiger partial charge in [0.05, 0.1) is 12.1 Å². The summed E-state index contributed by atoms with van der Waals surface area (Å²) in [4.78, 5) is 26.1. The van der Waals surface area contributed by atoms with Crippen molar-refractivity contribution >= 4 is 23.4 Å². The summed E-state index contributed by atoms with van der Waals surface area (Å²) in [5, 5.41) is 3.72. The summed E-state index contributed by atoms with van der Waals surface area (Å²) in [6.07, 6.45) is 3.01. The van der Waals surface area contributed by atoms with Gasteiger partial charge in [-0.25, -0.2) is 0 Å². The predicted molar refractivity (Wildman–Crippen MR) is 101 cm³/mol. The molecule has 1 saturated carbocycles. The number of benzene rings is 1. The molecule has 2 amide bonds. The van der Waals surface area contributed by atoms with Gasteiger partial charge in [0.15, 0.2) is 0 Å². The second kappa shape index (κ2) is 8.40. The first-order valence-corrected chi connectivity index (χ1v) is 9.66. The molecule has 0 bridgehead atoms. The molecule has 0 radical (unpaired) electrons. The van der Waals surface area contributed by atoms with Crippen LogP contribution in [0.3, 0.4) is 0 Å². The summed E-state index contributed by atoms with van der Waals surface area (Å²) in [5.41, 5.74) is 1.09. The number of aryl methyl sites for hydroxylation is 1. The van der Waals surface area contributed by atoms with Crippen molar-refractivity contribution in [3.63, 3.8) is 0 Å². The van der Waals surface area contributed by atoms with Crippen LogP contribution in [-0.2, 0) is 20.7 Å². The number of carbonyl (C=O) groups excluding carboxylic acids is 2. The fourth-order valence-electron chi connectivity index (χ4n) is 4.39. The Bertz CT molecular complexity index is 666. The molecule has 2 fully saturated rings. The number of carbonyl (C=O) groups is 2. The van der Waals surface area contributed by atoms with Crippen molar-refractivity contribution in [2.24, 2.45) is 11.8 Å². The number of fused-ring (bicyclic) bond motifs is 1. The Kier molecular flexibility index (Phi) is 6.20. The zero-order chi connectivity index (χ0) is 18.7. The van der Waals surface area contributed by atoms with Crippen LogP contribution in [0.15, 0.2) is 24.3 Å². The smallest absolute Gasteiger partial charge is 0.222 e. The van der Waals surface area contributed by atoms with E-state index in [0.29, 0.717) is 29.7 Å². The highest BCUT2D eigenvalue weighted by Gasteiger charge is 2.43. The second-order valence-electron chi connectivity index (χ2n) is 7.50. The number of halogens is 1. The molecule has 0 spiro atoms. The minimum absolute atomic E-state index is 0.0250. The van der Waals surface area contributed by atoms with Crippen LogP contribution < -0.4 is 5.32 Å². The molecule has 2 aliphatic rings. The quantitative estimate of drug-likeness (QED) is 0.856. The van der Waals surface area contributed by atoms with Crippen LogP contribution in [0.4, 0.5) is 0 Å².